The molecule has 146 valence electrons. The van der Waals surface area contributed by atoms with Crippen LogP contribution in [-0.2, 0) is 6.54 Å². The molecule has 1 aromatic heterocycles. The smallest absolute Gasteiger partial charge is 0.146 e. The van der Waals surface area contributed by atoms with E-state index in [4.69, 9.17) is 0 Å². The normalized spacial score (nSPS) is 16.5. The van der Waals surface area contributed by atoms with Crippen LogP contribution in [0.5, 0.6) is 0 Å². The Morgan fingerprint density at radius 1 is 1.07 bits per heavy atom. The van der Waals surface area contributed by atoms with Crippen LogP contribution in [-0.4, -0.2) is 43.1 Å². The molecule has 1 aliphatic heterocycles. The van der Waals surface area contributed by atoms with Gasteiger partial charge >= 0.3 is 0 Å². The van der Waals surface area contributed by atoms with Crippen molar-refractivity contribution in [3.8, 4) is 0 Å². The van der Waals surface area contributed by atoms with E-state index in [0.29, 0.717) is 12.2 Å². The first-order valence-corrected chi connectivity index (χ1v) is 9.91. The van der Waals surface area contributed by atoms with E-state index in [9.17, 15) is 4.39 Å². The van der Waals surface area contributed by atoms with Crippen molar-refractivity contribution in [3.63, 3.8) is 0 Å². The second-order valence-corrected chi connectivity index (χ2v) is 7.60. The molecule has 0 amide bonds. The van der Waals surface area contributed by atoms with E-state index in [0.717, 1.165) is 48.2 Å². The van der Waals surface area contributed by atoms with E-state index in [1.165, 1.54) is 0 Å². The summed E-state index contributed by atoms with van der Waals surface area (Å²) in [7, 11) is 2.11. The van der Waals surface area contributed by atoms with Crippen LogP contribution in [0.3, 0.4) is 0 Å². The molecule has 1 unspecified atom stereocenters. The average molecular weight is 378 g/mol. The molecular weight excluding hydrogens is 351 g/mol. The monoisotopic (exact) mass is 378 g/mol. The van der Waals surface area contributed by atoms with Gasteiger partial charge in [-0.2, -0.15) is 0 Å². The van der Waals surface area contributed by atoms with Crippen molar-refractivity contribution < 1.29 is 4.39 Å². The largest absolute Gasteiger partial charge is 0.367 e. The first kappa shape index (κ1) is 18.8. The zero-order valence-electron chi connectivity index (χ0n) is 16.5. The number of halogens is 1. The average Bonchev–Trinajstić information content (AvgIpc) is 2.72. The van der Waals surface area contributed by atoms with Gasteiger partial charge in [0.25, 0.3) is 0 Å². The van der Waals surface area contributed by atoms with E-state index in [2.05, 4.69) is 58.3 Å². The summed E-state index contributed by atoms with van der Waals surface area (Å²) in [6.07, 6.45) is 1.82. The lowest BCUT2D eigenvalue weighted by Gasteiger charge is -2.34. The van der Waals surface area contributed by atoms with Gasteiger partial charge in [-0.05, 0) is 43.3 Å². The van der Waals surface area contributed by atoms with Gasteiger partial charge in [0.2, 0.25) is 0 Å². The van der Waals surface area contributed by atoms with Crippen LogP contribution in [0.1, 0.15) is 24.1 Å². The summed E-state index contributed by atoms with van der Waals surface area (Å²) >= 11 is 0. The molecular formula is C23H27FN4. The number of nitrogens with zero attached hydrogens (tertiary/aromatic N) is 3. The van der Waals surface area contributed by atoms with Crippen molar-refractivity contribution in [3.05, 3.63) is 71.7 Å². The van der Waals surface area contributed by atoms with Crippen molar-refractivity contribution in [1.29, 1.82) is 0 Å². The predicted molar refractivity (Wildman–Crippen MR) is 113 cm³/mol. The number of likely N-dealkylation sites (N-methyl/N-ethyl adjacent to an activating group) is 1. The Bertz CT molecular complexity index is 945. The third-order valence-electron chi connectivity index (χ3n) is 5.63. The number of fused-ring (bicyclic) bond motifs is 1. The van der Waals surface area contributed by atoms with Crippen molar-refractivity contribution >= 4 is 16.6 Å². The van der Waals surface area contributed by atoms with E-state index < -0.39 is 0 Å². The van der Waals surface area contributed by atoms with Crippen LogP contribution in [0.4, 0.5) is 10.1 Å². The maximum absolute atomic E-state index is 14.8. The Morgan fingerprint density at radius 2 is 1.86 bits per heavy atom. The Morgan fingerprint density at radius 3 is 2.64 bits per heavy atom. The summed E-state index contributed by atoms with van der Waals surface area (Å²) in [5, 5.41) is 4.65. The summed E-state index contributed by atoms with van der Waals surface area (Å²) < 4.78 is 14.8. The number of hydrogen-bond acceptors (Lipinski definition) is 4. The highest BCUT2D eigenvalue weighted by atomic mass is 19.1. The van der Waals surface area contributed by atoms with Gasteiger partial charge in [-0.3, -0.25) is 4.98 Å². The fourth-order valence-corrected chi connectivity index (χ4v) is 3.79. The predicted octanol–water partition coefficient (Wildman–Crippen LogP) is 3.98. The van der Waals surface area contributed by atoms with Crippen LogP contribution in [0.15, 0.2) is 54.7 Å². The molecule has 0 bridgehead atoms. The third kappa shape index (κ3) is 4.01. The van der Waals surface area contributed by atoms with Crippen LogP contribution in [0.2, 0.25) is 0 Å². The number of nitrogens with one attached hydrogen (secondary N) is 1. The molecule has 4 nitrogen and oxygen atoms in total. The Labute approximate surface area is 166 Å². The molecule has 3 aromatic rings. The Hall–Kier alpha value is -2.50. The van der Waals surface area contributed by atoms with Gasteiger partial charge in [-0.1, -0.05) is 30.3 Å². The van der Waals surface area contributed by atoms with Gasteiger partial charge in [-0.15, -0.1) is 0 Å². The van der Waals surface area contributed by atoms with Gasteiger partial charge < -0.3 is 15.1 Å². The van der Waals surface area contributed by atoms with Gasteiger partial charge in [0.15, 0.2) is 0 Å². The topological polar surface area (TPSA) is 31.4 Å². The number of pyridine rings is 1. The van der Waals surface area contributed by atoms with Crippen LogP contribution in [0, 0.1) is 5.82 Å². The minimum atomic E-state index is -0.137. The molecule has 1 N–H and O–H groups in total. The lowest BCUT2D eigenvalue weighted by Crippen LogP contribution is -2.44. The standard InChI is InChI=1S/C23H27FN4/c1-17(26-16-20-6-3-5-18-7-4-10-25-23(18)20)19-8-9-22(21(24)15-19)28-13-11-27(2)12-14-28/h3-10,15,17,26H,11-14,16H2,1-2H3. The van der Waals surface area contributed by atoms with Crippen LogP contribution >= 0.6 is 0 Å². The summed E-state index contributed by atoms with van der Waals surface area (Å²) in [5.74, 6) is -0.137. The molecule has 2 heterocycles. The first-order valence-electron chi connectivity index (χ1n) is 9.91. The first-order chi connectivity index (χ1) is 13.6. The highest BCUT2D eigenvalue weighted by Crippen LogP contribution is 2.25. The molecule has 5 heteroatoms. The number of piperazine rings is 1. The molecule has 0 aliphatic carbocycles. The van der Waals surface area contributed by atoms with Gasteiger partial charge in [0.05, 0.1) is 11.2 Å². The fraction of sp³-hybridized carbons (Fsp3) is 0.348. The lowest BCUT2D eigenvalue weighted by atomic mass is 10.1. The number of para-hydroxylation sites is 1. The number of benzene rings is 2. The summed E-state index contributed by atoms with van der Waals surface area (Å²) in [6.45, 7) is 6.44. The molecule has 0 radical (unpaired) electrons. The summed E-state index contributed by atoms with van der Waals surface area (Å²) in [6, 6.07) is 15.9. The molecule has 4 rings (SSSR count). The van der Waals surface area contributed by atoms with E-state index >= 15 is 0 Å². The van der Waals surface area contributed by atoms with E-state index in [-0.39, 0.29) is 11.9 Å². The van der Waals surface area contributed by atoms with Crippen molar-refractivity contribution in [2.45, 2.75) is 19.5 Å². The van der Waals surface area contributed by atoms with Gasteiger partial charge in [0, 0.05) is 50.3 Å². The zero-order valence-corrected chi connectivity index (χ0v) is 16.5. The van der Waals surface area contributed by atoms with Crippen molar-refractivity contribution in [2.24, 2.45) is 0 Å². The zero-order chi connectivity index (χ0) is 19.5. The third-order valence-corrected chi connectivity index (χ3v) is 5.63. The maximum atomic E-state index is 14.8. The molecule has 2 aromatic carbocycles. The quantitative estimate of drug-likeness (QED) is 0.728. The van der Waals surface area contributed by atoms with Crippen LogP contribution < -0.4 is 10.2 Å². The molecule has 0 saturated carbocycles. The second kappa shape index (κ2) is 8.25. The number of rotatable bonds is 5. The number of anilines is 1. The van der Waals surface area contributed by atoms with E-state index in [1.54, 1.807) is 6.07 Å². The molecule has 1 saturated heterocycles. The van der Waals surface area contributed by atoms with Crippen molar-refractivity contribution in [1.82, 2.24) is 15.2 Å². The maximum Gasteiger partial charge on any atom is 0.146 e. The fourth-order valence-electron chi connectivity index (χ4n) is 3.79. The molecule has 0 spiro atoms. The van der Waals surface area contributed by atoms with E-state index in [1.807, 2.05) is 24.4 Å². The lowest BCUT2D eigenvalue weighted by molar-refractivity contribution is 0.311. The molecule has 1 atom stereocenters. The molecule has 1 aliphatic rings. The summed E-state index contributed by atoms with van der Waals surface area (Å²) in [4.78, 5) is 8.92. The highest BCUT2D eigenvalue weighted by Gasteiger charge is 2.18. The number of aromatic nitrogens is 1. The molecule has 1 fully saturated rings. The molecule has 28 heavy (non-hydrogen) atoms. The number of hydrogen-bond donors (Lipinski definition) is 1. The van der Waals surface area contributed by atoms with Gasteiger partial charge in [-0.25, -0.2) is 4.39 Å². The highest BCUT2D eigenvalue weighted by molar-refractivity contribution is 5.81. The Balaban J connectivity index is 1.44. The van der Waals surface area contributed by atoms with Crippen LogP contribution in [0.25, 0.3) is 10.9 Å². The second-order valence-electron chi connectivity index (χ2n) is 7.60. The summed E-state index contributed by atoms with van der Waals surface area (Å²) in [5.41, 5.74) is 3.84. The van der Waals surface area contributed by atoms with Gasteiger partial charge in [0.1, 0.15) is 5.82 Å². The van der Waals surface area contributed by atoms with Crippen molar-refractivity contribution in [2.75, 3.05) is 38.1 Å². The minimum absolute atomic E-state index is 0.0509. The minimum Gasteiger partial charge on any atom is -0.367 e. The Kier molecular flexibility index (Phi) is 5.55. The SMILES string of the molecule is CC(NCc1cccc2cccnc12)c1ccc(N2CCN(C)CC2)c(F)c1.